The van der Waals surface area contributed by atoms with E-state index in [0.29, 0.717) is 12.1 Å². The van der Waals surface area contributed by atoms with Gasteiger partial charge >= 0.3 is 0 Å². The molecule has 1 amide bonds. The number of carbonyl (C=O) groups excluding carboxylic acids is 1. The highest BCUT2D eigenvalue weighted by Gasteiger charge is 2.32. The lowest BCUT2D eigenvalue weighted by Gasteiger charge is -2.37. The van der Waals surface area contributed by atoms with Crippen LogP contribution in [-0.4, -0.2) is 23.1 Å². The van der Waals surface area contributed by atoms with Gasteiger partial charge in [0.2, 0.25) is 0 Å². The SMILES string of the molecule is Cc1cc(O)ccc1C(=O)NC1(CN)CCCCC1. The summed E-state index contributed by atoms with van der Waals surface area (Å²) in [6.45, 7) is 2.31. The summed E-state index contributed by atoms with van der Waals surface area (Å²) < 4.78 is 0. The lowest BCUT2D eigenvalue weighted by atomic mass is 9.81. The van der Waals surface area contributed by atoms with Crippen LogP contribution >= 0.6 is 0 Å². The van der Waals surface area contributed by atoms with E-state index >= 15 is 0 Å². The third-order valence-electron chi connectivity index (χ3n) is 4.03. The van der Waals surface area contributed by atoms with E-state index in [4.69, 9.17) is 5.73 Å². The molecule has 0 aliphatic heterocycles. The van der Waals surface area contributed by atoms with Crippen LogP contribution in [0.1, 0.15) is 48.0 Å². The molecule has 0 radical (unpaired) electrons. The maximum Gasteiger partial charge on any atom is 0.252 e. The van der Waals surface area contributed by atoms with Gasteiger partial charge in [0, 0.05) is 12.1 Å². The molecule has 1 saturated carbocycles. The lowest BCUT2D eigenvalue weighted by molar-refractivity contribution is 0.0874. The quantitative estimate of drug-likeness (QED) is 0.780. The van der Waals surface area contributed by atoms with Crippen molar-refractivity contribution in [2.24, 2.45) is 5.73 Å². The molecule has 4 N–H and O–H groups in total. The molecular weight excluding hydrogens is 240 g/mol. The number of aryl methyl sites for hydroxylation is 1. The van der Waals surface area contributed by atoms with Crippen LogP contribution in [0.25, 0.3) is 0 Å². The minimum Gasteiger partial charge on any atom is -0.508 e. The molecule has 1 fully saturated rings. The largest absolute Gasteiger partial charge is 0.508 e. The van der Waals surface area contributed by atoms with Gasteiger partial charge in [-0.2, -0.15) is 0 Å². The van der Waals surface area contributed by atoms with Crippen LogP contribution in [0.15, 0.2) is 18.2 Å². The van der Waals surface area contributed by atoms with Crippen molar-refractivity contribution in [3.05, 3.63) is 29.3 Å². The summed E-state index contributed by atoms with van der Waals surface area (Å²) in [4.78, 5) is 12.4. The maximum atomic E-state index is 12.4. The monoisotopic (exact) mass is 262 g/mol. The number of carbonyl (C=O) groups is 1. The number of phenols is 1. The lowest BCUT2D eigenvalue weighted by Crippen LogP contribution is -2.54. The van der Waals surface area contributed by atoms with Gasteiger partial charge in [-0.05, 0) is 43.5 Å². The van der Waals surface area contributed by atoms with Gasteiger partial charge in [-0.15, -0.1) is 0 Å². The molecule has 1 aromatic rings. The highest BCUT2D eigenvalue weighted by atomic mass is 16.3. The Balaban J connectivity index is 2.15. The van der Waals surface area contributed by atoms with Gasteiger partial charge in [-0.1, -0.05) is 19.3 Å². The Hall–Kier alpha value is -1.55. The predicted molar refractivity (Wildman–Crippen MR) is 75.2 cm³/mol. The molecule has 1 aliphatic carbocycles. The fraction of sp³-hybridized carbons (Fsp3) is 0.533. The molecule has 1 aliphatic rings. The van der Waals surface area contributed by atoms with E-state index in [2.05, 4.69) is 5.32 Å². The molecule has 0 unspecified atom stereocenters. The number of rotatable bonds is 3. The number of amides is 1. The normalized spacial score (nSPS) is 18.0. The fourth-order valence-electron chi connectivity index (χ4n) is 2.82. The Morgan fingerprint density at radius 3 is 2.63 bits per heavy atom. The zero-order chi connectivity index (χ0) is 13.9. The minimum absolute atomic E-state index is 0.0927. The predicted octanol–water partition coefficient (Wildman–Crippen LogP) is 2.09. The zero-order valence-corrected chi connectivity index (χ0v) is 11.4. The number of aromatic hydroxyl groups is 1. The summed E-state index contributed by atoms with van der Waals surface area (Å²) in [5.41, 5.74) is 7.01. The average molecular weight is 262 g/mol. The van der Waals surface area contributed by atoms with Gasteiger partial charge in [-0.3, -0.25) is 4.79 Å². The summed E-state index contributed by atoms with van der Waals surface area (Å²) in [7, 11) is 0. The second-order valence-electron chi connectivity index (χ2n) is 5.50. The number of nitrogens with two attached hydrogens (primary N) is 1. The molecule has 4 nitrogen and oxygen atoms in total. The van der Waals surface area contributed by atoms with Crippen molar-refractivity contribution in [3.8, 4) is 5.75 Å². The van der Waals surface area contributed by atoms with Crippen LogP contribution in [0.4, 0.5) is 0 Å². The highest BCUT2D eigenvalue weighted by molar-refractivity contribution is 5.96. The fourth-order valence-corrected chi connectivity index (χ4v) is 2.82. The van der Waals surface area contributed by atoms with Crippen molar-refractivity contribution in [1.82, 2.24) is 5.32 Å². The summed E-state index contributed by atoms with van der Waals surface area (Å²) in [5, 5.41) is 12.5. The van der Waals surface area contributed by atoms with Crippen LogP contribution in [0.3, 0.4) is 0 Å². The number of benzene rings is 1. The van der Waals surface area contributed by atoms with Crippen molar-refractivity contribution in [1.29, 1.82) is 0 Å². The summed E-state index contributed by atoms with van der Waals surface area (Å²) in [6, 6.07) is 4.80. The van der Waals surface area contributed by atoms with Crippen molar-refractivity contribution in [2.45, 2.75) is 44.6 Å². The average Bonchev–Trinajstić information content (AvgIpc) is 2.39. The van der Waals surface area contributed by atoms with Gasteiger partial charge in [0.25, 0.3) is 5.91 Å². The summed E-state index contributed by atoms with van der Waals surface area (Å²) >= 11 is 0. The molecule has 0 spiro atoms. The van der Waals surface area contributed by atoms with Crippen LogP contribution < -0.4 is 11.1 Å². The minimum atomic E-state index is -0.250. The number of nitrogens with one attached hydrogen (secondary N) is 1. The first-order chi connectivity index (χ1) is 9.06. The zero-order valence-electron chi connectivity index (χ0n) is 11.4. The van der Waals surface area contributed by atoms with Gasteiger partial charge in [0.15, 0.2) is 0 Å². The van der Waals surface area contributed by atoms with Crippen LogP contribution in [0.5, 0.6) is 5.75 Å². The van der Waals surface area contributed by atoms with Crippen molar-refractivity contribution < 1.29 is 9.90 Å². The molecule has 2 rings (SSSR count). The molecule has 0 atom stereocenters. The van der Waals surface area contributed by atoms with Gasteiger partial charge in [0.05, 0.1) is 5.54 Å². The Labute approximate surface area is 114 Å². The van der Waals surface area contributed by atoms with Crippen LogP contribution in [0, 0.1) is 6.92 Å². The van der Waals surface area contributed by atoms with E-state index in [0.717, 1.165) is 31.2 Å². The summed E-state index contributed by atoms with van der Waals surface area (Å²) in [6.07, 6.45) is 5.35. The second-order valence-corrected chi connectivity index (χ2v) is 5.50. The molecule has 0 saturated heterocycles. The van der Waals surface area contributed by atoms with E-state index in [1.165, 1.54) is 12.5 Å². The van der Waals surface area contributed by atoms with Crippen LogP contribution in [0.2, 0.25) is 0 Å². The summed E-state index contributed by atoms with van der Waals surface area (Å²) in [5.74, 6) is 0.0881. The van der Waals surface area contributed by atoms with E-state index in [9.17, 15) is 9.90 Å². The van der Waals surface area contributed by atoms with Crippen molar-refractivity contribution >= 4 is 5.91 Å². The third kappa shape index (κ3) is 3.07. The number of phenolic OH excluding ortho intramolecular Hbond substituents is 1. The Morgan fingerprint density at radius 2 is 2.05 bits per heavy atom. The molecular formula is C15H22N2O2. The molecule has 104 valence electrons. The molecule has 0 aromatic heterocycles. The van der Waals surface area contributed by atoms with Crippen LogP contribution in [-0.2, 0) is 0 Å². The first kappa shape index (κ1) is 13.9. The molecule has 19 heavy (non-hydrogen) atoms. The van der Waals surface area contributed by atoms with E-state index in [1.54, 1.807) is 12.1 Å². The smallest absolute Gasteiger partial charge is 0.252 e. The molecule has 0 heterocycles. The van der Waals surface area contributed by atoms with E-state index < -0.39 is 0 Å². The van der Waals surface area contributed by atoms with Crippen molar-refractivity contribution in [3.63, 3.8) is 0 Å². The first-order valence-electron chi connectivity index (χ1n) is 6.88. The topological polar surface area (TPSA) is 75.3 Å². The number of hydrogen-bond donors (Lipinski definition) is 3. The maximum absolute atomic E-state index is 12.4. The standard InChI is InChI=1S/C15H22N2O2/c1-11-9-12(18)5-6-13(11)14(19)17-15(10-16)7-3-2-4-8-15/h5-6,9,18H,2-4,7-8,10,16H2,1H3,(H,17,19). The molecule has 1 aromatic carbocycles. The van der Waals surface area contributed by atoms with Gasteiger partial charge < -0.3 is 16.2 Å². The van der Waals surface area contributed by atoms with Gasteiger partial charge in [0.1, 0.15) is 5.75 Å². The third-order valence-corrected chi connectivity index (χ3v) is 4.03. The Bertz CT molecular complexity index is 465. The second kappa shape index (κ2) is 5.61. The Morgan fingerprint density at radius 1 is 1.37 bits per heavy atom. The van der Waals surface area contributed by atoms with E-state index in [1.807, 2.05) is 6.92 Å². The molecule has 4 heteroatoms. The van der Waals surface area contributed by atoms with Gasteiger partial charge in [-0.25, -0.2) is 0 Å². The first-order valence-corrected chi connectivity index (χ1v) is 6.88. The number of hydrogen-bond acceptors (Lipinski definition) is 3. The Kier molecular flexibility index (Phi) is 4.10. The molecule has 0 bridgehead atoms. The highest BCUT2D eigenvalue weighted by Crippen LogP contribution is 2.28. The van der Waals surface area contributed by atoms with E-state index in [-0.39, 0.29) is 17.2 Å². The van der Waals surface area contributed by atoms with Crippen molar-refractivity contribution in [2.75, 3.05) is 6.54 Å².